The Balaban J connectivity index is 3.33. The second-order valence-corrected chi connectivity index (χ2v) is 2.76. The van der Waals surface area contributed by atoms with E-state index in [1.165, 1.54) is 0 Å². The van der Waals surface area contributed by atoms with Crippen molar-refractivity contribution in [1.29, 1.82) is 0 Å². The van der Waals surface area contributed by atoms with E-state index in [-0.39, 0.29) is 0 Å². The molecule has 1 heterocycles. The zero-order valence-electron chi connectivity index (χ0n) is 6.78. The monoisotopic (exact) mass is 182 g/mol. The summed E-state index contributed by atoms with van der Waals surface area (Å²) in [5, 5.41) is 0. The van der Waals surface area contributed by atoms with Crippen LogP contribution in [0.3, 0.4) is 0 Å². The minimum absolute atomic E-state index is 0.411. The zero-order valence-corrected chi connectivity index (χ0v) is 7.60. The van der Waals surface area contributed by atoms with E-state index in [0.29, 0.717) is 10.2 Å². The van der Waals surface area contributed by atoms with Gasteiger partial charge in [-0.3, -0.25) is 4.79 Å². The molecule has 0 radical (unpaired) electrons. The number of pyridine rings is 1. The van der Waals surface area contributed by atoms with Gasteiger partial charge in [0.15, 0.2) is 0 Å². The van der Waals surface area contributed by atoms with Gasteiger partial charge in [-0.05, 0) is 19.1 Å². The third kappa shape index (κ3) is 1.53. The molecule has 0 aliphatic heterocycles. The van der Waals surface area contributed by atoms with Crippen LogP contribution >= 0.6 is 12.2 Å². The fourth-order valence-electron chi connectivity index (χ4n) is 0.973. The topological polar surface area (TPSA) is 48.0 Å². The lowest BCUT2D eigenvalue weighted by Crippen LogP contribution is -2.14. The van der Waals surface area contributed by atoms with Crippen molar-refractivity contribution in [3.63, 3.8) is 0 Å². The van der Waals surface area contributed by atoms with Crippen molar-refractivity contribution in [3.8, 4) is 0 Å². The van der Waals surface area contributed by atoms with E-state index in [4.69, 9.17) is 18.0 Å². The minimum Gasteiger partial charge on any atom is -0.366 e. The number of hydrogen-bond acceptors (Lipinski definition) is 2. The first-order valence-electron chi connectivity index (χ1n) is 3.66. The number of carbonyl (C=O) groups excluding carboxylic acids is 1. The number of nitrogens with two attached hydrogens (primary N) is 1. The standard InChI is InChI=1S/C8H10N2OS/c1-2-10-5-3-4-6(7(9)11)8(10)12/h3-5H,2H2,1H3,(H2,9,11). The molecule has 1 aromatic rings. The Bertz CT molecular complexity index is 356. The SMILES string of the molecule is CCn1cccc(C(N)=O)c1=S. The summed E-state index contributed by atoms with van der Waals surface area (Å²) in [6.07, 6.45) is 1.83. The van der Waals surface area contributed by atoms with E-state index in [9.17, 15) is 4.79 Å². The van der Waals surface area contributed by atoms with E-state index < -0.39 is 5.91 Å². The summed E-state index contributed by atoms with van der Waals surface area (Å²) < 4.78 is 2.31. The van der Waals surface area contributed by atoms with Crippen LogP contribution in [-0.4, -0.2) is 10.5 Å². The summed E-state index contributed by atoms with van der Waals surface area (Å²) >= 11 is 5.03. The smallest absolute Gasteiger partial charge is 0.251 e. The lowest BCUT2D eigenvalue weighted by atomic mass is 10.3. The molecule has 0 aliphatic rings. The average Bonchev–Trinajstić information content (AvgIpc) is 2.04. The lowest BCUT2D eigenvalue weighted by molar-refractivity contribution is 0.0999. The van der Waals surface area contributed by atoms with E-state index in [0.717, 1.165) is 6.54 Å². The van der Waals surface area contributed by atoms with Crippen molar-refractivity contribution in [2.24, 2.45) is 5.73 Å². The van der Waals surface area contributed by atoms with Gasteiger partial charge >= 0.3 is 0 Å². The van der Waals surface area contributed by atoms with Gasteiger partial charge in [0.05, 0.1) is 5.56 Å². The van der Waals surface area contributed by atoms with Crippen molar-refractivity contribution < 1.29 is 4.79 Å². The fourth-order valence-corrected chi connectivity index (χ4v) is 1.33. The number of carbonyl (C=O) groups is 1. The maximum absolute atomic E-state index is 10.8. The molecule has 0 unspecified atom stereocenters. The van der Waals surface area contributed by atoms with Crippen LogP contribution in [0.25, 0.3) is 0 Å². The fraction of sp³-hybridized carbons (Fsp3) is 0.250. The molecule has 2 N–H and O–H groups in total. The maximum Gasteiger partial charge on any atom is 0.251 e. The highest BCUT2D eigenvalue weighted by Gasteiger charge is 2.02. The van der Waals surface area contributed by atoms with Gasteiger partial charge < -0.3 is 10.3 Å². The molecule has 1 aromatic heterocycles. The summed E-state index contributed by atoms with van der Waals surface area (Å²) in [6.45, 7) is 2.71. The molecular formula is C8H10N2OS. The normalized spacial score (nSPS) is 9.75. The number of amides is 1. The number of hydrogen-bond donors (Lipinski definition) is 1. The lowest BCUT2D eigenvalue weighted by Gasteiger charge is -2.04. The highest BCUT2D eigenvalue weighted by Crippen LogP contribution is 2.02. The van der Waals surface area contributed by atoms with Gasteiger partial charge in [-0.1, -0.05) is 12.2 Å². The van der Waals surface area contributed by atoms with Crippen molar-refractivity contribution in [2.75, 3.05) is 0 Å². The van der Waals surface area contributed by atoms with Gasteiger partial charge in [-0.15, -0.1) is 0 Å². The Morgan fingerprint density at radius 3 is 2.92 bits per heavy atom. The number of rotatable bonds is 2. The molecule has 3 nitrogen and oxygen atoms in total. The van der Waals surface area contributed by atoms with Crippen LogP contribution in [0.4, 0.5) is 0 Å². The first kappa shape index (κ1) is 8.93. The van der Waals surface area contributed by atoms with Crippen LogP contribution in [0.15, 0.2) is 18.3 Å². The van der Waals surface area contributed by atoms with Crippen LogP contribution in [-0.2, 0) is 6.54 Å². The Labute approximate surface area is 75.8 Å². The zero-order chi connectivity index (χ0) is 9.14. The third-order valence-electron chi connectivity index (χ3n) is 1.63. The molecule has 64 valence electrons. The van der Waals surface area contributed by atoms with Crippen LogP contribution in [0.1, 0.15) is 17.3 Å². The van der Waals surface area contributed by atoms with Gasteiger partial charge in [-0.2, -0.15) is 0 Å². The largest absolute Gasteiger partial charge is 0.366 e. The number of aromatic nitrogens is 1. The van der Waals surface area contributed by atoms with Crippen molar-refractivity contribution in [3.05, 3.63) is 28.5 Å². The predicted octanol–water partition coefficient (Wildman–Crippen LogP) is 1.34. The van der Waals surface area contributed by atoms with Gasteiger partial charge in [0.2, 0.25) is 0 Å². The van der Waals surface area contributed by atoms with E-state index in [2.05, 4.69) is 0 Å². The first-order valence-corrected chi connectivity index (χ1v) is 4.07. The molecular weight excluding hydrogens is 172 g/mol. The Morgan fingerprint density at radius 2 is 2.42 bits per heavy atom. The molecule has 1 amide bonds. The Kier molecular flexibility index (Phi) is 2.60. The molecule has 0 saturated heterocycles. The Hall–Kier alpha value is -1.16. The second kappa shape index (κ2) is 3.49. The maximum atomic E-state index is 10.8. The van der Waals surface area contributed by atoms with Crippen LogP contribution in [0, 0.1) is 4.64 Å². The predicted molar refractivity (Wildman–Crippen MR) is 49.5 cm³/mol. The Morgan fingerprint density at radius 1 is 1.75 bits per heavy atom. The molecule has 12 heavy (non-hydrogen) atoms. The first-order chi connectivity index (χ1) is 5.66. The van der Waals surface area contributed by atoms with Gasteiger partial charge in [0, 0.05) is 12.7 Å². The summed E-state index contributed by atoms with van der Waals surface area (Å²) in [7, 11) is 0. The molecule has 0 aliphatic carbocycles. The second-order valence-electron chi connectivity index (χ2n) is 2.38. The molecule has 1 rings (SSSR count). The molecule has 0 atom stereocenters. The van der Waals surface area contributed by atoms with E-state index in [1.54, 1.807) is 16.7 Å². The highest BCUT2D eigenvalue weighted by molar-refractivity contribution is 7.71. The summed E-state index contributed by atoms with van der Waals surface area (Å²) in [4.78, 5) is 10.8. The summed E-state index contributed by atoms with van der Waals surface area (Å²) in [6, 6.07) is 3.40. The summed E-state index contributed by atoms with van der Waals surface area (Å²) in [5.41, 5.74) is 5.53. The molecule has 0 saturated carbocycles. The molecule has 0 bridgehead atoms. The van der Waals surface area contributed by atoms with Crippen molar-refractivity contribution >= 4 is 18.1 Å². The van der Waals surface area contributed by atoms with Crippen LogP contribution < -0.4 is 5.73 Å². The van der Waals surface area contributed by atoms with Gasteiger partial charge in [0.1, 0.15) is 4.64 Å². The number of primary amides is 1. The van der Waals surface area contributed by atoms with E-state index in [1.807, 2.05) is 13.1 Å². The van der Waals surface area contributed by atoms with Crippen molar-refractivity contribution in [1.82, 2.24) is 4.57 Å². The minimum atomic E-state index is -0.470. The average molecular weight is 182 g/mol. The summed E-state index contributed by atoms with van der Waals surface area (Å²) in [5.74, 6) is -0.470. The van der Waals surface area contributed by atoms with Gasteiger partial charge in [0.25, 0.3) is 5.91 Å². The van der Waals surface area contributed by atoms with Gasteiger partial charge in [-0.25, -0.2) is 0 Å². The molecule has 0 aromatic carbocycles. The van der Waals surface area contributed by atoms with Crippen molar-refractivity contribution in [2.45, 2.75) is 13.5 Å². The van der Waals surface area contributed by atoms with Crippen LogP contribution in [0.2, 0.25) is 0 Å². The van der Waals surface area contributed by atoms with E-state index >= 15 is 0 Å². The third-order valence-corrected chi connectivity index (χ3v) is 2.08. The molecule has 0 spiro atoms. The molecule has 0 fully saturated rings. The molecule has 4 heteroatoms. The number of nitrogens with zero attached hydrogens (tertiary/aromatic N) is 1. The number of aryl methyl sites for hydroxylation is 1. The quantitative estimate of drug-likeness (QED) is 0.701. The highest BCUT2D eigenvalue weighted by atomic mass is 32.1. The van der Waals surface area contributed by atoms with Crippen LogP contribution in [0.5, 0.6) is 0 Å².